The fourth-order valence-electron chi connectivity index (χ4n) is 1.65. The average Bonchev–Trinajstić information content (AvgIpc) is 2.40. The van der Waals surface area contributed by atoms with E-state index in [0.29, 0.717) is 11.3 Å². The van der Waals surface area contributed by atoms with Crippen molar-refractivity contribution in [3.05, 3.63) is 65.5 Å². The Morgan fingerprint density at radius 3 is 2.53 bits per heavy atom. The summed E-state index contributed by atoms with van der Waals surface area (Å²) in [6.07, 6.45) is -0.0163. The Kier molecular flexibility index (Phi) is 4.26. The Morgan fingerprint density at radius 2 is 1.89 bits per heavy atom. The molecule has 4 heteroatoms. The third kappa shape index (κ3) is 3.63. The van der Waals surface area contributed by atoms with E-state index in [1.54, 1.807) is 30.3 Å². The molecule has 2 rings (SSSR count). The van der Waals surface area contributed by atoms with E-state index in [4.69, 9.17) is 9.84 Å². The molecule has 0 aliphatic rings. The molecule has 0 aliphatic carbocycles. The van der Waals surface area contributed by atoms with Crippen LogP contribution in [-0.4, -0.2) is 11.1 Å². The summed E-state index contributed by atoms with van der Waals surface area (Å²) in [6.45, 7) is -0.361. The van der Waals surface area contributed by atoms with Crippen LogP contribution in [0.2, 0.25) is 0 Å². The van der Waals surface area contributed by atoms with Crippen LogP contribution in [0.15, 0.2) is 48.5 Å². The number of halogens is 1. The van der Waals surface area contributed by atoms with Gasteiger partial charge in [0.05, 0.1) is 13.0 Å². The lowest BCUT2D eigenvalue weighted by Crippen LogP contribution is -2.11. The number of carbonyl (C=O) groups is 1. The number of esters is 1. The zero-order chi connectivity index (χ0) is 13.7. The summed E-state index contributed by atoms with van der Waals surface area (Å²) in [5.41, 5.74) is 0.718. The Morgan fingerprint density at radius 1 is 1.16 bits per heavy atom. The van der Waals surface area contributed by atoms with Gasteiger partial charge in [-0.1, -0.05) is 30.3 Å². The van der Waals surface area contributed by atoms with E-state index in [2.05, 4.69) is 0 Å². The molecule has 19 heavy (non-hydrogen) atoms. The second kappa shape index (κ2) is 6.11. The lowest BCUT2D eigenvalue weighted by atomic mass is 10.1. The number of hydrogen-bond donors (Lipinski definition) is 1. The number of para-hydroxylation sites is 1. The fraction of sp³-hybridized carbons (Fsp3) is 0.133. The van der Waals surface area contributed by atoms with Gasteiger partial charge in [0.15, 0.2) is 0 Å². The number of rotatable bonds is 4. The minimum Gasteiger partial charge on any atom is -0.426 e. The summed E-state index contributed by atoms with van der Waals surface area (Å²) in [4.78, 5) is 11.7. The topological polar surface area (TPSA) is 46.5 Å². The molecule has 1 N–H and O–H groups in total. The van der Waals surface area contributed by atoms with Crippen molar-refractivity contribution in [2.45, 2.75) is 13.0 Å². The summed E-state index contributed by atoms with van der Waals surface area (Å²) in [5, 5.41) is 8.85. The number of hydrogen-bond acceptors (Lipinski definition) is 3. The molecule has 0 atom stereocenters. The lowest BCUT2D eigenvalue weighted by Gasteiger charge is -2.05. The van der Waals surface area contributed by atoms with Crippen LogP contribution in [0.25, 0.3) is 0 Å². The van der Waals surface area contributed by atoms with Gasteiger partial charge in [-0.3, -0.25) is 4.79 Å². The zero-order valence-electron chi connectivity index (χ0n) is 10.2. The number of aliphatic hydroxyl groups excluding tert-OH is 1. The number of aliphatic hydroxyl groups is 1. The van der Waals surface area contributed by atoms with Gasteiger partial charge in [0.2, 0.25) is 0 Å². The van der Waals surface area contributed by atoms with E-state index in [0.717, 1.165) is 0 Å². The third-order valence-electron chi connectivity index (χ3n) is 2.61. The normalized spacial score (nSPS) is 10.2. The van der Waals surface area contributed by atoms with Crippen molar-refractivity contribution in [2.24, 2.45) is 0 Å². The molecule has 2 aromatic carbocycles. The van der Waals surface area contributed by atoms with Crippen molar-refractivity contribution in [1.29, 1.82) is 0 Å². The summed E-state index contributed by atoms with van der Waals surface area (Å²) in [6, 6.07) is 13.0. The quantitative estimate of drug-likeness (QED) is 0.678. The van der Waals surface area contributed by atoms with Crippen LogP contribution < -0.4 is 4.74 Å². The molecule has 0 radical (unpaired) electrons. The molecule has 0 amide bonds. The molecule has 0 unspecified atom stereocenters. The fourth-order valence-corrected chi connectivity index (χ4v) is 1.65. The maximum Gasteiger partial charge on any atom is 0.315 e. The molecular weight excluding hydrogens is 247 g/mol. The van der Waals surface area contributed by atoms with Crippen molar-refractivity contribution in [2.75, 3.05) is 0 Å². The summed E-state index contributed by atoms with van der Waals surface area (Å²) in [7, 11) is 0. The van der Waals surface area contributed by atoms with E-state index in [1.807, 2.05) is 6.07 Å². The molecule has 0 aliphatic heterocycles. The highest BCUT2D eigenvalue weighted by Crippen LogP contribution is 2.13. The highest BCUT2D eigenvalue weighted by Gasteiger charge is 2.09. The minimum absolute atomic E-state index is 0.0163. The molecule has 0 saturated heterocycles. The first kappa shape index (κ1) is 13.2. The van der Waals surface area contributed by atoms with Gasteiger partial charge in [-0.25, -0.2) is 4.39 Å². The second-order valence-corrected chi connectivity index (χ2v) is 4.05. The second-order valence-electron chi connectivity index (χ2n) is 4.05. The highest BCUT2D eigenvalue weighted by molar-refractivity contribution is 5.75. The molecule has 0 aromatic heterocycles. The van der Waals surface area contributed by atoms with Crippen LogP contribution in [0.4, 0.5) is 4.39 Å². The van der Waals surface area contributed by atoms with Crippen molar-refractivity contribution in [3.63, 3.8) is 0 Å². The van der Waals surface area contributed by atoms with Crippen LogP contribution in [-0.2, 0) is 17.8 Å². The summed E-state index contributed by atoms with van der Waals surface area (Å²) >= 11 is 0. The molecular formula is C15H13FO3. The van der Waals surface area contributed by atoms with Gasteiger partial charge in [0.1, 0.15) is 11.6 Å². The van der Waals surface area contributed by atoms with Gasteiger partial charge >= 0.3 is 5.97 Å². The smallest absolute Gasteiger partial charge is 0.315 e. The van der Waals surface area contributed by atoms with Crippen molar-refractivity contribution in [3.8, 4) is 5.75 Å². The number of carbonyl (C=O) groups excluding carboxylic acids is 1. The SMILES string of the molecule is O=C(Cc1ccc(CO)c(F)c1)Oc1ccccc1. The Labute approximate surface area is 110 Å². The van der Waals surface area contributed by atoms with E-state index < -0.39 is 11.8 Å². The van der Waals surface area contributed by atoms with Crippen molar-refractivity contribution >= 4 is 5.97 Å². The maximum atomic E-state index is 13.4. The van der Waals surface area contributed by atoms with Gasteiger partial charge in [0.25, 0.3) is 0 Å². The number of ether oxygens (including phenoxy) is 1. The van der Waals surface area contributed by atoms with Gasteiger partial charge < -0.3 is 9.84 Å². The molecule has 0 spiro atoms. The highest BCUT2D eigenvalue weighted by atomic mass is 19.1. The first-order valence-corrected chi connectivity index (χ1v) is 5.83. The first-order valence-electron chi connectivity index (χ1n) is 5.83. The first-order chi connectivity index (χ1) is 9.19. The lowest BCUT2D eigenvalue weighted by molar-refractivity contribution is -0.133. The largest absolute Gasteiger partial charge is 0.426 e. The molecule has 0 saturated carbocycles. The van der Waals surface area contributed by atoms with Crippen LogP contribution >= 0.6 is 0 Å². The summed E-state index contributed by atoms with van der Waals surface area (Å²) < 4.78 is 18.5. The summed E-state index contributed by atoms with van der Waals surface area (Å²) in [5.74, 6) is -0.519. The van der Waals surface area contributed by atoms with Crippen LogP contribution in [0.3, 0.4) is 0 Å². The van der Waals surface area contributed by atoms with Gasteiger partial charge in [0, 0.05) is 5.56 Å². The molecule has 0 fully saturated rings. The Hall–Kier alpha value is -2.20. The van der Waals surface area contributed by atoms with Crippen molar-refractivity contribution < 1.29 is 19.0 Å². The van der Waals surface area contributed by atoms with E-state index in [-0.39, 0.29) is 18.6 Å². The molecule has 0 bridgehead atoms. The van der Waals surface area contributed by atoms with Crippen molar-refractivity contribution in [1.82, 2.24) is 0 Å². The number of benzene rings is 2. The van der Waals surface area contributed by atoms with Gasteiger partial charge in [-0.2, -0.15) is 0 Å². The maximum absolute atomic E-state index is 13.4. The predicted octanol–water partition coefficient (Wildman–Crippen LogP) is 2.47. The molecule has 98 valence electrons. The third-order valence-corrected chi connectivity index (χ3v) is 2.61. The van der Waals surface area contributed by atoms with Crippen LogP contribution in [0.5, 0.6) is 5.75 Å². The molecule has 2 aromatic rings. The van der Waals surface area contributed by atoms with Crippen LogP contribution in [0, 0.1) is 5.82 Å². The molecule has 0 heterocycles. The predicted molar refractivity (Wildman–Crippen MR) is 68.1 cm³/mol. The van der Waals surface area contributed by atoms with Gasteiger partial charge in [-0.15, -0.1) is 0 Å². The van der Waals surface area contributed by atoms with Gasteiger partial charge in [-0.05, 0) is 23.8 Å². The zero-order valence-corrected chi connectivity index (χ0v) is 10.2. The van der Waals surface area contributed by atoms with E-state index >= 15 is 0 Å². The average molecular weight is 260 g/mol. The molecule has 3 nitrogen and oxygen atoms in total. The standard InChI is InChI=1S/C15H13FO3/c16-14-8-11(6-7-12(14)10-17)9-15(18)19-13-4-2-1-3-5-13/h1-8,17H,9-10H2. The van der Waals surface area contributed by atoms with E-state index in [9.17, 15) is 9.18 Å². The van der Waals surface area contributed by atoms with E-state index in [1.165, 1.54) is 12.1 Å². The monoisotopic (exact) mass is 260 g/mol. The Bertz CT molecular complexity index is 567. The van der Waals surface area contributed by atoms with Crippen LogP contribution in [0.1, 0.15) is 11.1 Å². The Balaban J connectivity index is 2.01. The minimum atomic E-state index is -0.521.